The number of aromatic nitrogens is 1. The van der Waals surface area contributed by atoms with Crippen LogP contribution >= 0.6 is 15.9 Å². The predicted octanol–water partition coefficient (Wildman–Crippen LogP) is 2.80. The Morgan fingerprint density at radius 1 is 1.21 bits per heavy atom. The molecular weight excluding hydrogens is 328 g/mol. The first kappa shape index (κ1) is 13.5. The zero-order valence-electron chi connectivity index (χ0n) is 10.6. The molecule has 104 valence electrons. The van der Waals surface area contributed by atoms with Crippen molar-refractivity contribution in [2.24, 2.45) is 5.92 Å². The Bertz CT molecular complexity index is 576. The number of pyridine rings is 1. The molecule has 1 aliphatic carbocycles. The summed E-state index contributed by atoms with van der Waals surface area (Å²) in [6.45, 7) is 0.649. The molecule has 2 aliphatic rings. The van der Waals surface area contributed by atoms with E-state index in [1.54, 1.807) is 16.6 Å². The highest BCUT2D eigenvalue weighted by atomic mass is 79.9. The second-order valence-electron chi connectivity index (χ2n) is 5.36. The molecule has 1 saturated carbocycles. The molecule has 19 heavy (non-hydrogen) atoms. The van der Waals surface area contributed by atoms with Crippen LogP contribution in [0.1, 0.15) is 32.1 Å². The third-order valence-corrected chi connectivity index (χ3v) is 6.55. The molecule has 0 amide bonds. The third kappa shape index (κ3) is 2.45. The molecule has 0 N–H and O–H groups in total. The summed E-state index contributed by atoms with van der Waals surface area (Å²) in [4.78, 5) is 4.28. The van der Waals surface area contributed by atoms with E-state index in [1.807, 2.05) is 0 Å². The van der Waals surface area contributed by atoms with Gasteiger partial charge in [0, 0.05) is 29.5 Å². The first-order chi connectivity index (χ1) is 9.09. The summed E-state index contributed by atoms with van der Waals surface area (Å²) in [5.41, 5.74) is 0. The van der Waals surface area contributed by atoms with Crippen molar-refractivity contribution in [1.82, 2.24) is 9.29 Å². The summed E-state index contributed by atoms with van der Waals surface area (Å²) >= 11 is 3.29. The molecule has 1 aromatic rings. The molecule has 2 unspecified atom stereocenters. The summed E-state index contributed by atoms with van der Waals surface area (Å²) in [5, 5.41) is 0. The van der Waals surface area contributed by atoms with Gasteiger partial charge in [-0.15, -0.1) is 0 Å². The van der Waals surface area contributed by atoms with Gasteiger partial charge in [-0.3, -0.25) is 4.98 Å². The molecule has 3 rings (SSSR count). The Hall–Kier alpha value is -0.460. The van der Waals surface area contributed by atoms with Gasteiger partial charge in [0.2, 0.25) is 10.0 Å². The average molecular weight is 345 g/mol. The van der Waals surface area contributed by atoms with Crippen LogP contribution in [0.2, 0.25) is 0 Å². The van der Waals surface area contributed by atoms with E-state index in [2.05, 4.69) is 20.9 Å². The minimum atomic E-state index is -3.40. The highest BCUT2D eigenvalue weighted by molar-refractivity contribution is 9.10. The second kappa shape index (κ2) is 5.14. The van der Waals surface area contributed by atoms with Crippen LogP contribution < -0.4 is 0 Å². The molecule has 6 heteroatoms. The Labute approximate surface area is 122 Å². The smallest absolute Gasteiger partial charge is 0.244 e. The van der Waals surface area contributed by atoms with Crippen LogP contribution in [0.5, 0.6) is 0 Å². The van der Waals surface area contributed by atoms with Crippen molar-refractivity contribution in [3.63, 3.8) is 0 Å². The first-order valence-corrected chi connectivity index (χ1v) is 8.95. The first-order valence-electron chi connectivity index (χ1n) is 6.71. The fourth-order valence-corrected chi connectivity index (χ4v) is 5.64. The van der Waals surface area contributed by atoms with E-state index in [9.17, 15) is 8.42 Å². The fraction of sp³-hybridized carbons (Fsp3) is 0.615. The van der Waals surface area contributed by atoms with Crippen LogP contribution in [0, 0.1) is 5.92 Å². The minimum Gasteiger partial charge on any atom is -0.262 e. The molecule has 0 spiro atoms. The molecule has 0 bridgehead atoms. The van der Waals surface area contributed by atoms with Gasteiger partial charge in [0.1, 0.15) is 4.90 Å². The Morgan fingerprint density at radius 3 is 2.79 bits per heavy atom. The van der Waals surface area contributed by atoms with Gasteiger partial charge in [0.25, 0.3) is 0 Å². The number of piperidine rings is 1. The molecule has 2 heterocycles. The van der Waals surface area contributed by atoms with E-state index in [1.165, 1.54) is 19.0 Å². The second-order valence-corrected chi connectivity index (χ2v) is 8.16. The van der Waals surface area contributed by atoms with E-state index in [0.717, 1.165) is 19.3 Å². The lowest BCUT2D eigenvalue weighted by Gasteiger charge is -2.36. The lowest BCUT2D eigenvalue weighted by Crippen LogP contribution is -2.46. The van der Waals surface area contributed by atoms with Crippen LogP contribution in [0.4, 0.5) is 0 Å². The zero-order valence-corrected chi connectivity index (χ0v) is 13.0. The van der Waals surface area contributed by atoms with E-state index in [0.29, 0.717) is 21.8 Å². The van der Waals surface area contributed by atoms with Crippen molar-refractivity contribution < 1.29 is 8.42 Å². The van der Waals surface area contributed by atoms with Crippen molar-refractivity contribution in [3.8, 4) is 0 Å². The molecule has 1 aliphatic heterocycles. The molecule has 1 saturated heterocycles. The number of hydrogen-bond donors (Lipinski definition) is 0. The maximum absolute atomic E-state index is 12.7. The van der Waals surface area contributed by atoms with Crippen LogP contribution in [-0.2, 0) is 10.0 Å². The van der Waals surface area contributed by atoms with E-state index < -0.39 is 10.0 Å². The normalized spacial score (nSPS) is 28.3. The highest BCUT2D eigenvalue weighted by Gasteiger charge is 2.41. The summed E-state index contributed by atoms with van der Waals surface area (Å²) in [7, 11) is -3.40. The third-order valence-electron chi connectivity index (χ3n) is 4.23. The SMILES string of the molecule is O=S(=O)(c1cncc(Br)c1)N1CCCC2CCCC21. The number of nitrogens with zero attached hydrogens (tertiary/aromatic N) is 2. The Kier molecular flexibility index (Phi) is 3.66. The predicted molar refractivity (Wildman–Crippen MR) is 76.2 cm³/mol. The topological polar surface area (TPSA) is 50.3 Å². The number of rotatable bonds is 2. The summed E-state index contributed by atoms with van der Waals surface area (Å²) in [6.07, 6.45) is 8.53. The molecule has 0 aromatic carbocycles. The zero-order chi connectivity index (χ0) is 13.5. The van der Waals surface area contributed by atoms with E-state index >= 15 is 0 Å². The molecule has 2 atom stereocenters. The number of fused-ring (bicyclic) bond motifs is 1. The van der Waals surface area contributed by atoms with Gasteiger partial charge in [-0.1, -0.05) is 6.42 Å². The number of sulfonamides is 1. The van der Waals surface area contributed by atoms with Gasteiger partial charge in [-0.05, 0) is 53.6 Å². The van der Waals surface area contributed by atoms with Gasteiger partial charge in [0.05, 0.1) is 0 Å². The van der Waals surface area contributed by atoms with E-state index in [-0.39, 0.29) is 6.04 Å². The average Bonchev–Trinajstić information content (AvgIpc) is 2.86. The largest absolute Gasteiger partial charge is 0.262 e. The monoisotopic (exact) mass is 344 g/mol. The lowest BCUT2D eigenvalue weighted by molar-refractivity contribution is 0.202. The van der Waals surface area contributed by atoms with E-state index in [4.69, 9.17) is 0 Å². The molecule has 2 fully saturated rings. The summed E-state index contributed by atoms with van der Waals surface area (Å²) in [6, 6.07) is 1.85. The van der Waals surface area contributed by atoms with Crippen LogP contribution in [0.25, 0.3) is 0 Å². The van der Waals surface area contributed by atoms with Crippen LogP contribution in [-0.4, -0.2) is 30.3 Å². The molecule has 4 nitrogen and oxygen atoms in total. The van der Waals surface area contributed by atoms with Crippen LogP contribution in [0.3, 0.4) is 0 Å². The van der Waals surface area contributed by atoms with Crippen molar-refractivity contribution >= 4 is 26.0 Å². The van der Waals surface area contributed by atoms with Gasteiger partial charge in [0.15, 0.2) is 0 Å². The van der Waals surface area contributed by atoms with Gasteiger partial charge >= 0.3 is 0 Å². The van der Waals surface area contributed by atoms with Gasteiger partial charge < -0.3 is 0 Å². The fourth-order valence-electron chi connectivity index (χ4n) is 3.38. The van der Waals surface area contributed by atoms with Gasteiger partial charge in [-0.25, -0.2) is 8.42 Å². The van der Waals surface area contributed by atoms with Crippen molar-refractivity contribution in [2.45, 2.75) is 43.0 Å². The maximum atomic E-state index is 12.7. The molecule has 1 aromatic heterocycles. The van der Waals surface area contributed by atoms with Gasteiger partial charge in [-0.2, -0.15) is 4.31 Å². The minimum absolute atomic E-state index is 0.206. The van der Waals surface area contributed by atoms with Crippen molar-refractivity contribution in [3.05, 3.63) is 22.9 Å². The number of hydrogen-bond acceptors (Lipinski definition) is 3. The maximum Gasteiger partial charge on any atom is 0.244 e. The quantitative estimate of drug-likeness (QED) is 0.828. The number of halogens is 1. The Balaban J connectivity index is 1.95. The molecular formula is C13H17BrN2O2S. The molecule has 0 radical (unpaired) electrons. The standard InChI is InChI=1S/C13H17BrN2O2S/c14-11-7-12(9-15-8-11)19(17,18)16-6-2-4-10-3-1-5-13(10)16/h7-10,13H,1-6H2. The van der Waals surface area contributed by atoms with Crippen molar-refractivity contribution in [2.75, 3.05) is 6.54 Å². The van der Waals surface area contributed by atoms with Crippen LogP contribution in [0.15, 0.2) is 27.8 Å². The lowest BCUT2D eigenvalue weighted by atomic mass is 9.94. The summed E-state index contributed by atoms with van der Waals surface area (Å²) in [5.74, 6) is 0.559. The highest BCUT2D eigenvalue weighted by Crippen LogP contribution is 2.39. The van der Waals surface area contributed by atoms with Crippen molar-refractivity contribution in [1.29, 1.82) is 0 Å². The summed E-state index contributed by atoms with van der Waals surface area (Å²) < 4.78 is 27.9. The Morgan fingerprint density at radius 2 is 2.00 bits per heavy atom.